The number of aromatic nitrogens is 1. The van der Waals surface area contributed by atoms with Crippen LogP contribution >= 0.6 is 0 Å². The lowest BCUT2D eigenvalue weighted by Crippen LogP contribution is -2.34. The highest BCUT2D eigenvalue weighted by molar-refractivity contribution is 5.91. The van der Waals surface area contributed by atoms with Crippen LogP contribution in [0.1, 0.15) is 36.7 Å². The van der Waals surface area contributed by atoms with Crippen LogP contribution < -0.4 is 11.1 Å². The number of amides is 1. The second-order valence-electron chi connectivity index (χ2n) is 5.60. The zero-order valence-corrected chi connectivity index (χ0v) is 12.1. The molecule has 1 aliphatic rings. The highest BCUT2D eigenvalue weighted by atomic mass is 16.1. The predicted molar refractivity (Wildman–Crippen MR) is 80.7 cm³/mol. The molecule has 0 spiro atoms. The Bertz CT molecular complexity index is 441. The SMILES string of the molecule is CC1CCN(CCCNc2ccnc(C(N)=O)c2)CC1. The maximum Gasteiger partial charge on any atom is 0.267 e. The predicted octanol–water partition coefficient (Wildman–Crippen LogP) is 1.71. The first-order chi connectivity index (χ1) is 9.65. The van der Waals surface area contributed by atoms with Crippen LogP contribution in [-0.2, 0) is 0 Å². The van der Waals surface area contributed by atoms with E-state index < -0.39 is 5.91 Å². The molecule has 1 aromatic heterocycles. The first-order valence-electron chi connectivity index (χ1n) is 7.37. The van der Waals surface area contributed by atoms with Gasteiger partial charge in [0.15, 0.2) is 0 Å². The van der Waals surface area contributed by atoms with Crippen molar-refractivity contribution < 1.29 is 4.79 Å². The summed E-state index contributed by atoms with van der Waals surface area (Å²) >= 11 is 0. The Balaban J connectivity index is 1.68. The smallest absolute Gasteiger partial charge is 0.267 e. The quantitative estimate of drug-likeness (QED) is 0.776. The first-order valence-corrected chi connectivity index (χ1v) is 7.37. The van der Waals surface area contributed by atoms with E-state index in [1.807, 2.05) is 6.07 Å². The molecule has 5 nitrogen and oxygen atoms in total. The van der Waals surface area contributed by atoms with Gasteiger partial charge in [0.05, 0.1) is 0 Å². The van der Waals surface area contributed by atoms with E-state index in [4.69, 9.17) is 5.73 Å². The Kier molecular flexibility index (Phi) is 5.35. The lowest BCUT2D eigenvalue weighted by molar-refractivity contribution is 0.0995. The Labute approximate surface area is 120 Å². The molecule has 1 saturated heterocycles. The van der Waals surface area contributed by atoms with Gasteiger partial charge >= 0.3 is 0 Å². The van der Waals surface area contributed by atoms with E-state index in [-0.39, 0.29) is 0 Å². The van der Waals surface area contributed by atoms with Crippen LogP contribution in [-0.4, -0.2) is 42.0 Å². The van der Waals surface area contributed by atoms with Crippen LogP contribution in [0.5, 0.6) is 0 Å². The fourth-order valence-corrected chi connectivity index (χ4v) is 2.50. The number of hydrogen-bond acceptors (Lipinski definition) is 4. The van der Waals surface area contributed by atoms with Crippen molar-refractivity contribution in [2.24, 2.45) is 11.7 Å². The summed E-state index contributed by atoms with van der Waals surface area (Å²) in [5, 5.41) is 3.31. The number of hydrogen-bond donors (Lipinski definition) is 2. The summed E-state index contributed by atoms with van der Waals surface area (Å²) < 4.78 is 0. The molecule has 0 radical (unpaired) electrons. The van der Waals surface area contributed by atoms with Gasteiger partial charge < -0.3 is 16.0 Å². The van der Waals surface area contributed by atoms with Crippen LogP contribution in [0.25, 0.3) is 0 Å². The Morgan fingerprint density at radius 2 is 2.25 bits per heavy atom. The van der Waals surface area contributed by atoms with Crippen LogP contribution in [0.3, 0.4) is 0 Å². The van der Waals surface area contributed by atoms with Crippen molar-refractivity contribution >= 4 is 11.6 Å². The summed E-state index contributed by atoms with van der Waals surface area (Å²) in [6.07, 6.45) is 5.34. The third-order valence-corrected chi connectivity index (χ3v) is 3.87. The van der Waals surface area contributed by atoms with E-state index in [1.165, 1.54) is 25.9 Å². The summed E-state index contributed by atoms with van der Waals surface area (Å²) in [5.74, 6) is 0.393. The molecule has 0 aliphatic carbocycles. The molecular weight excluding hydrogens is 252 g/mol. The number of rotatable bonds is 6. The van der Waals surface area contributed by atoms with Gasteiger partial charge in [-0.1, -0.05) is 6.92 Å². The molecule has 0 unspecified atom stereocenters. The zero-order valence-electron chi connectivity index (χ0n) is 12.1. The van der Waals surface area contributed by atoms with E-state index >= 15 is 0 Å². The fourth-order valence-electron chi connectivity index (χ4n) is 2.50. The molecule has 3 N–H and O–H groups in total. The van der Waals surface area contributed by atoms with Gasteiger partial charge in [0, 0.05) is 18.4 Å². The summed E-state index contributed by atoms with van der Waals surface area (Å²) in [6, 6.07) is 3.56. The fraction of sp³-hybridized carbons (Fsp3) is 0.600. The molecule has 0 saturated carbocycles. The summed E-state index contributed by atoms with van der Waals surface area (Å²) in [4.78, 5) is 17.5. The number of pyridine rings is 1. The Morgan fingerprint density at radius 1 is 1.50 bits per heavy atom. The highest BCUT2D eigenvalue weighted by Crippen LogP contribution is 2.16. The Hall–Kier alpha value is -1.62. The van der Waals surface area contributed by atoms with Gasteiger partial charge in [0.1, 0.15) is 5.69 Å². The van der Waals surface area contributed by atoms with Crippen LogP contribution in [0, 0.1) is 5.92 Å². The van der Waals surface area contributed by atoms with Gasteiger partial charge in [-0.2, -0.15) is 0 Å². The minimum Gasteiger partial charge on any atom is -0.385 e. The molecule has 1 aliphatic heterocycles. The summed E-state index contributed by atoms with van der Waals surface area (Å²) in [7, 11) is 0. The molecule has 0 bridgehead atoms. The van der Waals surface area contributed by atoms with Crippen LogP contribution in [0.2, 0.25) is 0 Å². The number of likely N-dealkylation sites (tertiary alicyclic amines) is 1. The third-order valence-electron chi connectivity index (χ3n) is 3.87. The number of piperidine rings is 1. The molecule has 20 heavy (non-hydrogen) atoms. The van der Waals surface area contributed by atoms with Crippen molar-refractivity contribution in [3.63, 3.8) is 0 Å². The number of primary amides is 1. The number of nitrogens with one attached hydrogen (secondary N) is 1. The van der Waals surface area contributed by atoms with E-state index in [2.05, 4.69) is 22.1 Å². The molecule has 2 heterocycles. The largest absolute Gasteiger partial charge is 0.385 e. The lowest BCUT2D eigenvalue weighted by atomic mass is 9.99. The molecular formula is C15H24N4O. The van der Waals surface area contributed by atoms with E-state index in [1.54, 1.807) is 12.3 Å². The van der Waals surface area contributed by atoms with Crippen molar-refractivity contribution in [1.29, 1.82) is 0 Å². The van der Waals surface area contributed by atoms with Gasteiger partial charge in [0.25, 0.3) is 5.91 Å². The van der Waals surface area contributed by atoms with Crippen molar-refractivity contribution in [2.45, 2.75) is 26.2 Å². The molecule has 0 aromatic carbocycles. The van der Waals surface area contributed by atoms with Crippen LogP contribution in [0.4, 0.5) is 5.69 Å². The van der Waals surface area contributed by atoms with Crippen molar-refractivity contribution in [3.05, 3.63) is 24.0 Å². The minimum absolute atomic E-state index is 0.306. The molecule has 1 amide bonds. The van der Waals surface area contributed by atoms with Gasteiger partial charge in [0.2, 0.25) is 0 Å². The molecule has 1 fully saturated rings. The number of anilines is 1. The molecule has 110 valence electrons. The van der Waals surface area contributed by atoms with E-state index in [9.17, 15) is 4.79 Å². The molecule has 2 rings (SSSR count). The van der Waals surface area contributed by atoms with E-state index in [0.29, 0.717) is 5.69 Å². The number of nitrogens with two attached hydrogens (primary N) is 1. The van der Waals surface area contributed by atoms with Gasteiger partial charge in [-0.3, -0.25) is 9.78 Å². The molecule has 5 heteroatoms. The second-order valence-corrected chi connectivity index (χ2v) is 5.60. The normalized spacial score (nSPS) is 17.1. The lowest BCUT2D eigenvalue weighted by Gasteiger charge is -2.30. The maximum absolute atomic E-state index is 11.0. The average molecular weight is 276 g/mol. The van der Waals surface area contributed by atoms with Crippen molar-refractivity contribution in [1.82, 2.24) is 9.88 Å². The number of carbonyl (C=O) groups is 1. The van der Waals surface area contributed by atoms with Gasteiger partial charge in [-0.05, 0) is 56.9 Å². The van der Waals surface area contributed by atoms with Crippen molar-refractivity contribution in [3.8, 4) is 0 Å². The van der Waals surface area contributed by atoms with Crippen LogP contribution in [0.15, 0.2) is 18.3 Å². The molecule has 0 atom stereocenters. The Morgan fingerprint density at radius 3 is 2.95 bits per heavy atom. The van der Waals surface area contributed by atoms with Gasteiger partial charge in [-0.15, -0.1) is 0 Å². The third kappa shape index (κ3) is 4.49. The van der Waals surface area contributed by atoms with Crippen molar-refractivity contribution in [2.75, 3.05) is 31.5 Å². The summed E-state index contributed by atoms with van der Waals surface area (Å²) in [5.41, 5.74) is 6.42. The molecule has 1 aromatic rings. The maximum atomic E-state index is 11.0. The highest BCUT2D eigenvalue weighted by Gasteiger charge is 2.14. The minimum atomic E-state index is -0.490. The topological polar surface area (TPSA) is 71.2 Å². The monoisotopic (exact) mass is 276 g/mol. The van der Waals surface area contributed by atoms with E-state index in [0.717, 1.165) is 31.1 Å². The second kappa shape index (κ2) is 7.24. The summed E-state index contributed by atoms with van der Waals surface area (Å²) in [6.45, 7) is 6.81. The zero-order chi connectivity index (χ0) is 14.4. The first kappa shape index (κ1) is 14.8. The number of carbonyl (C=O) groups excluding carboxylic acids is 1. The average Bonchev–Trinajstić information content (AvgIpc) is 2.46. The standard InChI is InChI=1S/C15H24N4O/c1-12-4-9-19(10-5-12)8-2-6-17-13-3-7-18-14(11-13)15(16)20/h3,7,11-12H,2,4-6,8-10H2,1H3,(H2,16,20)(H,17,18). The van der Waals surface area contributed by atoms with Gasteiger partial charge in [-0.25, -0.2) is 0 Å². The number of nitrogens with zero attached hydrogens (tertiary/aromatic N) is 2.